The highest BCUT2D eigenvalue weighted by Gasteiger charge is 2.55. The second kappa shape index (κ2) is 6.37. The van der Waals surface area contributed by atoms with E-state index in [1.54, 1.807) is 4.90 Å². The lowest BCUT2D eigenvalue weighted by Gasteiger charge is -2.23. The van der Waals surface area contributed by atoms with Gasteiger partial charge in [0.05, 0.1) is 5.41 Å². The van der Waals surface area contributed by atoms with Crippen LogP contribution in [0.4, 0.5) is 13.6 Å². The summed E-state index contributed by atoms with van der Waals surface area (Å²) >= 11 is 0. The van der Waals surface area contributed by atoms with Gasteiger partial charge in [0.25, 0.3) is 0 Å². The number of hydrogen-bond donors (Lipinski definition) is 2. The van der Waals surface area contributed by atoms with E-state index in [-0.39, 0.29) is 25.0 Å². The van der Waals surface area contributed by atoms with E-state index < -0.39 is 23.0 Å². The molecule has 1 saturated heterocycles. The molecule has 1 aliphatic heterocycles. The maximum Gasteiger partial charge on any atom is 0.317 e. The number of nitrogens with one attached hydrogen (secondary N) is 1. The molecule has 2 fully saturated rings. The number of likely N-dealkylation sites (tertiary alicyclic amines) is 1. The third-order valence-corrected chi connectivity index (χ3v) is 5.20. The average molecular weight is 338 g/mol. The number of carboxylic acids is 1. The molecule has 0 spiro atoms. The molecule has 3 rings (SSSR count). The van der Waals surface area contributed by atoms with Crippen LogP contribution in [0.3, 0.4) is 0 Å². The molecule has 2 aliphatic rings. The second-order valence-corrected chi connectivity index (χ2v) is 6.69. The Morgan fingerprint density at radius 1 is 1.29 bits per heavy atom. The fourth-order valence-corrected chi connectivity index (χ4v) is 3.97. The summed E-state index contributed by atoms with van der Waals surface area (Å²) in [4.78, 5) is 25.4. The molecule has 5 nitrogen and oxygen atoms in total. The Bertz CT molecular complexity index is 647. The van der Waals surface area contributed by atoms with Crippen LogP contribution in [0.2, 0.25) is 0 Å². The SMILES string of the molecule is O=C(NCCc1cc(F)cc(F)c1)N1C[C@@H]2CCC[C@@]2(C(=O)O)C1. The maximum absolute atomic E-state index is 13.1. The van der Waals surface area contributed by atoms with Crippen LogP contribution in [0.25, 0.3) is 0 Å². The monoisotopic (exact) mass is 338 g/mol. The number of nitrogens with zero attached hydrogens (tertiary/aromatic N) is 1. The highest BCUT2D eigenvalue weighted by Crippen LogP contribution is 2.48. The first-order chi connectivity index (χ1) is 11.4. The summed E-state index contributed by atoms with van der Waals surface area (Å²) in [6.45, 7) is 0.920. The van der Waals surface area contributed by atoms with Crippen LogP contribution in [0.15, 0.2) is 18.2 Å². The number of urea groups is 1. The van der Waals surface area contributed by atoms with E-state index in [1.807, 2.05) is 0 Å². The lowest BCUT2D eigenvalue weighted by atomic mass is 9.81. The van der Waals surface area contributed by atoms with E-state index in [2.05, 4.69) is 5.32 Å². The normalized spacial score (nSPS) is 25.6. The molecule has 1 saturated carbocycles. The van der Waals surface area contributed by atoms with Crippen LogP contribution < -0.4 is 5.32 Å². The van der Waals surface area contributed by atoms with E-state index >= 15 is 0 Å². The van der Waals surface area contributed by atoms with Crippen molar-refractivity contribution in [1.82, 2.24) is 10.2 Å². The fraction of sp³-hybridized carbons (Fsp3) is 0.529. The molecule has 1 aromatic rings. The average Bonchev–Trinajstić information content (AvgIpc) is 3.03. The molecule has 7 heteroatoms. The largest absolute Gasteiger partial charge is 0.481 e. The number of fused-ring (bicyclic) bond motifs is 1. The van der Waals surface area contributed by atoms with Crippen LogP contribution >= 0.6 is 0 Å². The van der Waals surface area contributed by atoms with Crippen LogP contribution in [-0.2, 0) is 11.2 Å². The number of benzene rings is 1. The zero-order chi connectivity index (χ0) is 17.3. The summed E-state index contributed by atoms with van der Waals surface area (Å²) in [5.41, 5.74) is -0.337. The van der Waals surface area contributed by atoms with Crippen molar-refractivity contribution in [3.63, 3.8) is 0 Å². The molecule has 2 N–H and O–H groups in total. The number of amides is 2. The molecule has 24 heavy (non-hydrogen) atoms. The van der Waals surface area contributed by atoms with Gasteiger partial charge in [-0.3, -0.25) is 4.79 Å². The summed E-state index contributed by atoms with van der Waals surface area (Å²) in [6, 6.07) is 2.95. The van der Waals surface area contributed by atoms with Crippen molar-refractivity contribution in [1.29, 1.82) is 0 Å². The Labute approximate surface area is 138 Å². The number of carbonyl (C=O) groups is 2. The number of halogens is 2. The number of hydrogen-bond acceptors (Lipinski definition) is 2. The van der Waals surface area contributed by atoms with Crippen molar-refractivity contribution in [2.24, 2.45) is 11.3 Å². The van der Waals surface area contributed by atoms with Crippen LogP contribution in [-0.4, -0.2) is 41.6 Å². The minimum atomic E-state index is -0.824. The van der Waals surface area contributed by atoms with Crippen molar-refractivity contribution >= 4 is 12.0 Å². The van der Waals surface area contributed by atoms with Gasteiger partial charge in [0.15, 0.2) is 0 Å². The topological polar surface area (TPSA) is 69.6 Å². The third kappa shape index (κ3) is 3.07. The zero-order valence-electron chi connectivity index (χ0n) is 13.2. The van der Waals surface area contributed by atoms with E-state index in [9.17, 15) is 23.5 Å². The van der Waals surface area contributed by atoms with Gasteiger partial charge in [-0.2, -0.15) is 0 Å². The molecule has 1 aliphatic carbocycles. The lowest BCUT2D eigenvalue weighted by Crippen LogP contribution is -2.42. The Balaban J connectivity index is 1.54. The molecule has 2 amide bonds. The third-order valence-electron chi connectivity index (χ3n) is 5.20. The van der Waals surface area contributed by atoms with Gasteiger partial charge >= 0.3 is 12.0 Å². The van der Waals surface area contributed by atoms with Crippen molar-refractivity contribution in [3.8, 4) is 0 Å². The number of carboxylic acid groups (broad SMARTS) is 1. The molecule has 0 unspecified atom stereocenters. The first-order valence-electron chi connectivity index (χ1n) is 8.12. The highest BCUT2D eigenvalue weighted by molar-refractivity contribution is 5.80. The van der Waals surface area contributed by atoms with Crippen molar-refractivity contribution in [2.75, 3.05) is 19.6 Å². The van der Waals surface area contributed by atoms with Crippen molar-refractivity contribution in [2.45, 2.75) is 25.7 Å². The molecule has 1 aromatic carbocycles. The standard InChI is InChI=1S/C17H20F2N2O3/c18-13-6-11(7-14(19)8-13)3-5-20-16(24)21-9-12-2-1-4-17(12,10-21)15(22)23/h6-8,12H,1-5,9-10H2,(H,20,24)(H,22,23)/t12-,17+/m0/s1. The molecule has 2 atom stereocenters. The molecule has 0 aromatic heterocycles. The van der Waals surface area contributed by atoms with Crippen molar-refractivity contribution in [3.05, 3.63) is 35.4 Å². The second-order valence-electron chi connectivity index (χ2n) is 6.69. The molecular weight excluding hydrogens is 318 g/mol. The fourth-order valence-electron chi connectivity index (χ4n) is 3.97. The Kier molecular flexibility index (Phi) is 4.43. The Morgan fingerprint density at radius 2 is 2.00 bits per heavy atom. The van der Waals surface area contributed by atoms with Crippen molar-refractivity contribution < 1.29 is 23.5 Å². The summed E-state index contributed by atoms with van der Waals surface area (Å²) in [6.07, 6.45) is 2.64. The quantitative estimate of drug-likeness (QED) is 0.886. The summed E-state index contributed by atoms with van der Waals surface area (Å²) < 4.78 is 26.2. The van der Waals surface area contributed by atoms with Crippen LogP contribution in [0.5, 0.6) is 0 Å². The number of carbonyl (C=O) groups excluding carboxylic acids is 1. The van der Waals surface area contributed by atoms with Crippen LogP contribution in [0, 0.1) is 23.0 Å². The summed E-state index contributed by atoms with van der Waals surface area (Å²) in [5, 5.41) is 12.2. The molecule has 0 bridgehead atoms. The molecule has 130 valence electrons. The minimum Gasteiger partial charge on any atom is -0.481 e. The lowest BCUT2D eigenvalue weighted by molar-refractivity contribution is -0.149. The smallest absolute Gasteiger partial charge is 0.317 e. The van der Waals surface area contributed by atoms with E-state index in [4.69, 9.17) is 0 Å². The minimum absolute atomic E-state index is 0.0121. The highest BCUT2D eigenvalue weighted by atomic mass is 19.1. The predicted octanol–water partition coefficient (Wildman–Crippen LogP) is 2.40. The van der Waals surface area contributed by atoms with Gasteiger partial charge in [0.1, 0.15) is 11.6 Å². The number of aliphatic carboxylic acids is 1. The van der Waals surface area contributed by atoms with Gasteiger partial charge in [-0.15, -0.1) is 0 Å². The van der Waals surface area contributed by atoms with Gasteiger partial charge in [-0.05, 0) is 42.9 Å². The van der Waals surface area contributed by atoms with Gasteiger partial charge in [0, 0.05) is 25.7 Å². The molecule has 0 radical (unpaired) electrons. The van der Waals surface area contributed by atoms with E-state index in [0.29, 0.717) is 24.9 Å². The maximum atomic E-state index is 13.1. The van der Waals surface area contributed by atoms with Gasteiger partial charge in [-0.1, -0.05) is 6.42 Å². The van der Waals surface area contributed by atoms with E-state index in [1.165, 1.54) is 12.1 Å². The van der Waals surface area contributed by atoms with Gasteiger partial charge in [-0.25, -0.2) is 13.6 Å². The Morgan fingerprint density at radius 3 is 2.62 bits per heavy atom. The van der Waals surface area contributed by atoms with Gasteiger partial charge in [0.2, 0.25) is 0 Å². The number of rotatable bonds is 4. The molecular formula is C17H20F2N2O3. The molecule has 1 heterocycles. The zero-order valence-corrected chi connectivity index (χ0v) is 13.2. The van der Waals surface area contributed by atoms with Gasteiger partial charge < -0.3 is 15.3 Å². The summed E-state index contributed by atoms with van der Waals surface area (Å²) in [7, 11) is 0. The Hall–Kier alpha value is -2.18. The first kappa shape index (κ1) is 16.7. The first-order valence-corrected chi connectivity index (χ1v) is 8.12. The predicted molar refractivity (Wildman–Crippen MR) is 82.4 cm³/mol. The van der Waals surface area contributed by atoms with Crippen LogP contribution in [0.1, 0.15) is 24.8 Å². The van der Waals surface area contributed by atoms with E-state index in [0.717, 1.165) is 18.9 Å². The summed E-state index contributed by atoms with van der Waals surface area (Å²) in [5.74, 6) is -2.10.